The molecule has 1 atom stereocenters. The molecule has 0 aromatic heterocycles. The van der Waals surface area contributed by atoms with Gasteiger partial charge in [-0.1, -0.05) is 13.8 Å². The molecule has 0 saturated heterocycles. The van der Waals surface area contributed by atoms with Crippen LogP contribution in [0.4, 0.5) is 5.69 Å². The van der Waals surface area contributed by atoms with Gasteiger partial charge in [-0.2, -0.15) is 5.26 Å². The van der Waals surface area contributed by atoms with Crippen molar-refractivity contribution in [2.24, 2.45) is 11.7 Å². The molecule has 0 unspecified atom stereocenters. The zero-order valence-electron chi connectivity index (χ0n) is 8.49. The monoisotopic (exact) mass is 189 g/mol. The van der Waals surface area contributed by atoms with Crippen LogP contribution in [0.3, 0.4) is 0 Å². The van der Waals surface area contributed by atoms with Gasteiger partial charge in [0.05, 0.1) is 11.6 Å². The second kappa shape index (κ2) is 4.12. The van der Waals surface area contributed by atoms with E-state index in [4.69, 9.17) is 16.7 Å². The molecule has 1 aromatic rings. The summed E-state index contributed by atoms with van der Waals surface area (Å²) < 4.78 is 0. The minimum atomic E-state index is -0.108. The quantitative estimate of drug-likeness (QED) is 0.696. The maximum absolute atomic E-state index is 8.74. The van der Waals surface area contributed by atoms with Crippen molar-refractivity contribution in [3.8, 4) is 6.07 Å². The predicted octanol–water partition coefficient (Wildman–Crippen LogP) is 1.80. The van der Waals surface area contributed by atoms with Gasteiger partial charge in [0, 0.05) is 11.7 Å². The van der Waals surface area contributed by atoms with Crippen LogP contribution in [0.15, 0.2) is 18.2 Å². The van der Waals surface area contributed by atoms with Gasteiger partial charge in [-0.15, -0.1) is 0 Å². The van der Waals surface area contributed by atoms with Gasteiger partial charge < -0.3 is 11.5 Å². The molecule has 0 saturated carbocycles. The number of benzene rings is 1. The largest absolute Gasteiger partial charge is 0.398 e. The first-order valence-electron chi connectivity index (χ1n) is 4.61. The van der Waals surface area contributed by atoms with Gasteiger partial charge in [-0.25, -0.2) is 0 Å². The van der Waals surface area contributed by atoms with Crippen LogP contribution in [0.5, 0.6) is 0 Å². The Morgan fingerprint density at radius 2 is 2.00 bits per heavy atom. The molecular weight excluding hydrogens is 174 g/mol. The highest BCUT2D eigenvalue weighted by molar-refractivity contribution is 5.52. The van der Waals surface area contributed by atoms with Crippen molar-refractivity contribution < 1.29 is 0 Å². The Kier molecular flexibility index (Phi) is 3.10. The molecule has 0 heterocycles. The van der Waals surface area contributed by atoms with Crippen molar-refractivity contribution in [2.45, 2.75) is 19.9 Å². The van der Waals surface area contributed by atoms with Gasteiger partial charge in [0.1, 0.15) is 0 Å². The summed E-state index contributed by atoms with van der Waals surface area (Å²) in [7, 11) is 0. The Balaban J connectivity index is 3.13. The van der Waals surface area contributed by atoms with Crippen LogP contribution in [-0.4, -0.2) is 0 Å². The van der Waals surface area contributed by atoms with Crippen LogP contribution < -0.4 is 11.5 Å². The van der Waals surface area contributed by atoms with Gasteiger partial charge in [0.15, 0.2) is 0 Å². The second-order valence-electron chi connectivity index (χ2n) is 3.73. The zero-order chi connectivity index (χ0) is 10.7. The molecule has 1 aromatic carbocycles. The Morgan fingerprint density at radius 1 is 1.36 bits per heavy atom. The van der Waals surface area contributed by atoms with Crippen LogP contribution in [0, 0.1) is 17.2 Å². The summed E-state index contributed by atoms with van der Waals surface area (Å²) in [5.41, 5.74) is 13.9. The van der Waals surface area contributed by atoms with E-state index in [-0.39, 0.29) is 6.04 Å². The van der Waals surface area contributed by atoms with Crippen molar-refractivity contribution in [2.75, 3.05) is 5.73 Å². The average Bonchev–Trinajstić information content (AvgIpc) is 2.17. The SMILES string of the molecule is CC(C)[C@H](N)c1cc(C#N)ccc1N. The first-order chi connectivity index (χ1) is 6.56. The second-order valence-corrected chi connectivity index (χ2v) is 3.73. The molecule has 3 nitrogen and oxygen atoms in total. The number of nitrogen functional groups attached to an aromatic ring is 1. The standard InChI is InChI=1S/C11H15N3/c1-7(2)11(14)9-5-8(6-12)3-4-10(9)13/h3-5,7,11H,13-14H2,1-2H3/t11-/m0/s1. The van der Waals surface area contributed by atoms with Crippen molar-refractivity contribution in [1.29, 1.82) is 5.26 Å². The number of anilines is 1. The van der Waals surface area contributed by atoms with Gasteiger partial charge in [0.2, 0.25) is 0 Å². The molecule has 0 aliphatic rings. The molecule has 0 radical (unpaired) electrons. The smallest absolute Gasteiger partial charge is 0.0991 e. The average molecular weight is 189 g/mol. The van der Waals surface area contributed by atoms with Crippen molar-refractivity contribution in [3.63, 3.8) is 0 Å². The predicted molar refractivity (Wildman–Crippen MR) is 57.3 cm³/mol. The third-order valence-corrected chi connectivity index (χ3v) is 2.29. The number of nitrogens with zero attached hydrogens (tertiary/aromatic N) is 1. The summed E-state index contributed by atoms with van der Waals surface area (Å²) in [6.45, 7) is 4.06. The third-order valence-electron chi connectivity index (χ3n) is 2.29. The molecule has 74 valence electrons. The molecule has 0 bridgehead atoms. The van der Waals surface area contributed by atoms with E-state index in [0.717, 1.165) is 5.56 Å². The maximum atomic E-state index is 8.74. The van der Waals surface area contributed by atoms with Gasteiger partial charge >= 0.3 is 0 Å². The van der Waals surface area contributed by atoms with E-state index in [1.54, 1.807) is 18.2 Å². The topological polar surface area (TPSA) is 75.8 Å². The highest BCUT2D eigenvalue weighted by Gasteiger charge is 2.13. The lowest BCUT2D eigenvalue weighted by atomic mass is 9.94. The molecule has 0 aliphatic heterocycles. The van der Waals surface area contributed by atoms with E-state index in [1.807, 2.05) is 13.8 Å². The van der Waals surface area contributed by atoms with Crippen molar-refractivity contribution >= 4 is 5.69 Å². The van der Waals surface area contributed by atoms with E-state index in [0.29, 0.717) is 17.2 Å². The van der Waals surface area contributed by atoms with Crippen molar-refractivity contribution in [1.82, 2.24) is 0 Å². The first-order valence-corrected chi connectivity index (χ1v) is 4.61. The number of hydrogen-bond acceptors (Lipinski definition) is 3. The molecule has 0 amide bonds. The first kappa shape index (κ1) is 10.6. The van der Waals surface area contributed by atoms with Gasteiger partial charge in [0.25, 0.3) is 0 Å². The minimum absolute atomic E-state index is 0.108. The number of rotatable bonds is 2. The highest BCUT2D eigenvalue weighted by atomic mass is 14.7. The summed E-state index contributed by atoms with van der Waals surface area (Å²) in [6, 6.07) is 7.17. The van der Waals surface area contributed by atoms with Crippen LogP contribution in [-0.2, 0) is 0 Å². The fourth-order valence-corrected chi connectivity index (χ4v) is 1.29. The highest BCUT2D eigenvalue weighted by Crippen LogP contribution is 2.25. The number of hydrogen-bond donors (Lipinski definition) is 2. The molecule has 0 fully saturated rings. The van der Waals surface area contributed by atoms with E-state index in [1.165, 1.54) is 0 Å². The molecule has 1 rings (SSSR count). The summed E-state index contributed by atoms with van der Waals surface area (Å²) in [5.74, 6) is 0.311. The lowest BCUT2D eigenvalue weighted by molar-refractivity contribution is 0.515. The Morgan fingerprint density at radius 3 is 2.50 bits per heavy atom. The van der Waals surface area contributed by atoms with Crippen LogP contribution in [0.2, 0.25) is 0 Å². The van der Waals surface area contributed by atoms with E-state index >= 15 is 0 Å². The third kappa shape index (κ3) is 2.04. The summed E-state index contributed by atoms with van der Waals surface area (Å²) in [4.78, 5) is 0. The maximum Gasteiger partial charge on any atom is 0.0991 e. The zero-order valence-corrected chi connectivity index (χ0v) is 8.49. The molecule has 0 spiro atoms. The summed E-state index contributed by atoms with van der Waals surface area (Å²) in [6.07, 6.45) is 0. The molecule has 0 aliphatic carbocycles. The number of nitrogens with two attached hydrogens (primary N) is 2. The lowest BCUT2D eigenvalue weighted by Crippen LogP contribution is -2.18. The van der Waals surface area contributed by atoms with Crippen LogP contribution >= 0.6 is 0 Å². The van der Waals surface area contributed by atoms with Gasteiger partial charge in [-0.3, -0.25) is 0 Å². The van der Waals surface area contributed by atoms with Crippen molar-refractivity contribution in [3.05, 3.63) is 29.3 Å². The molecular formula is C11H15N3. The molecule has 4 N–H and O–H groups in total. The molecule has 3 heteroatoms. The van der Waals surface area contributed by atoms with E-state index in [9.17, 15) is 0 Å². The minimum Gasteiger partial charge on any atom is -0.398 e. The fourth-order valence-electron chi connectivity index (χ4n) is 1.29. The van der Waals surface area contributed by atoms with Crippen LogP contribution in [0.25, 0.3) is 0 Å². The Labute approximate surface area is 84.3 Å². The van der Waals surface area contributed by atoms with Gasteiger partial charge in [-0.05, 0) is 29.7 Å². The summed E-state index contributed by atoms with van der Waals surface area (Å²) in [5, 5.41) is 8.74. The molecule has 14 heavy (non-hydrogen) atoms. The Hall–Kier alpha value is -1.53. The van der Waals surface area contributed by atoms with E-state index < -0.39 is 0 Å². The Bertz CT molecular complexity index is 363. The van der Waals surface area contributed by atoms with E-state index in [2.05, 4.69) is 6.07 Å². The number of nitriles is 1. The van der Waals surface area contributed by atoms with Crippen LogP contribution in [0.1, 0.15) is 31.0 Å². The normalized spacial score (nSPS) is 12.5. The lowest BCUT2D eigenvalue weighted by Gasteiger charge is -2.18. The fraction of sp³-hybridized carbons (Fsp3) is 0.364. The summed E-state index contributed by atoms with van der Waals surface area (Å²) >= 11 is 0.